The second-order valence-electron chi connectivity index (χ2n) is 6.80. The minimum Gasteiger partial charge on any atom is -0.342 e. The number of anilines is 1. The van der Waals surface area contributed by atoms with Crippen LogP contribution >= 0.6 is 0 Å². The first-order valence-electron chi connectivity index (χ1n) is 8.69. The molecule has 1 saturated carbocycles. The SMILES string of the molecule is CCn1c(NC(=O)[C@H]2CC(=O)N(CC3CC3)C2)nc2ccccc21. The molecule has 6 nitrogen and oxygen atoms in total. The van der Waals surface area contributed by atoms with E-state index >= 15 is 0 Å². The van der Waals surface area contributed by atoms with E-state index in [2.05, 4.69) is 10.3 Å². The van der Waals surface area contributed by atoms with E-state index in [1.54, 1.807) is 0 Å². The molecule has 6 heteroatoms. The molecule has 2 amide bonds. The summed E-state index contributed by atoms with van der Waals surface area (Å²) in [6.45, 7) is 4.11. The quantitative estimate of drug-likeness (QED) is 0.916. The van der Waals surface area contributed by atoms with E-state index in [1.807, 2.05) is 40.7 Å². The zero-order valence-corrected chi connectivity index (χ0v) is 13.9. The van der Waals surface area contributed by atoms with E-state index < -0.39 is 0 Å². The predicted molar refractivity (Wildman–Crippen MR) is 91.4 cm³/mol. The summed E-state index contributed by atoms with van der Waals surface area (Å²) in [5.41, 5.74) is 1.88. The lowest BCUT2D eigenvalue weighted by molar-refractivity contribution is -0.128. The molecule has 1 aromatic heterocycles. The number of nitrogens with zero attached hydrogens (tertiary/aromatic N) is 3. The Labute approximate surface area is 140 Å². The molecular formula is C18H22N4O2. The smallest absolute Gasteiger partial charge is 0.232 e. The van der Waals surface area contributed by atoms with E-state index in [0.717, 1.165) is 24.1 Å². The molecule has 126 valence electrons. The molecule has 0 bridgehead atoms. The lowest BCUT2D eigenvalue weighted by Crippen LogP contribution is -2.30. The summed E-state index contributed by atoms with van der Waals surface area (Å²) >= 11 is 0. The van der Waals surface area contributed by atoms with E-state index in [4.69, 9.17) is 0 Å². The van der Waals surface area contributed by atoms with E-state index in [9.17, 15) is 9.59 Å². The fourth-order valence-corrected chi connectivity index (χ4v) is 3.44. The van der Waals surface area contributed by atoms with E-state index in [0.29, 0.717) is 24.8 Å². The van der Waals surface area contributed by atoms with Gasteiger partial charge in [-0.1, -0.05) is 12.1 Å². The summed E-state index contributed by atoms with van der Waals surface area (Å²) in [4.78, 5) is 31.1. The Hall–Kier alpha value is -2.37. The fourth-order valence-electron chi connectivity index (χ4n) is 3.44. The number of benzene rings is 1. The van der Waals surface area contributed by atoms with Gasteiger partial charge in [-0.25, -0.2) is 4.98 Å². The second kappa shape index (κ2) is 5.92. The highest BCUT2D eigenvalue weighted by atomic mass is 16.2. The maximum absolute atomic E-state index is 12.6. The van der Waals surface area contributed by atoms with Crippen LogP contribution in [-0.2, 0) is 16.1 Å². The number of hydrogen-bond acceptors (Lipinski definition) is 3. The summed E-state index contributed by atoms with van der Waals surface area (Å²) < 4.78 is 1.99. The highest BCUT2D eigenvalue weighted by Crippen LogP contribution is 2.32. The molecule has 1 atom stereocenters. The molecule has 1 aliphatic heterocycles. The van der Waals surface area contributed by atoms with Crippen LogP contribution in [0.3, 0.4) is 0 Å². The van der Waals surface area contributed by atoms with Crippen LogP contribution in [-0.4, -0.2) is 39.4 Å². The Balaban J connectivity index is 1.49. The minimum atomic E-state index is -0.277. The molecule has 2 fully saturated rings. The van der Waals surface area contributed by atoms with Crippen molar-refractivity contribution < 1.29 is 9.59 Å². The third-order valence-electron chi connectivity index (χ3n) is 4.97. The van der Waals surface area contributed by atoms with Gasteiger partial charge >= 0.3 is 0 Å². The van der Waals surface area contributed by atoms with E-state index in [-0.39, 0.29) is 17.7 Å². The summed E-state index contributed by atoms with van der Waals surface area (Å²) in [7, 11) is 0. The Morgan fingerprint density at radius 3 is 2.88 bits per heavy atom. The highest BCUT2D eigenvalue weighted by Gasteiger charge is 2.37. The van der Waals surface area contributed by atoms with Gasteiger partial charge in [-0.15, -0.1) is 0 Å². The molecule has 2 heterocycles. The predicted octanol–water partition coefficient (Wildman–Crippen LogP) is 2.25. The van der Waals surface area contributed by atoms with Gasteiger partial charge < -0.3 is 9.47 Å². The average Bonchev–Trinajstić information content (AvgIpc) is 3.21. The molecule has 0 spiro atoms. The Bertz CT molecular complexity index is 793. The van der Waals surface area contributed by atoms with Gasteiger partial charge in [0.1, 0.15) is 0 Å². The molecule has 1 N–H and O–H groups in total. The number of aromatic nitrogens is 2. The largest absolute Gasteiger partial charge is 0.342 e. The number of para-hydroxylation sites is 2. The lowest BCUT2D eigenvalue weighted by atomic mass is 10.1. The Kier molecular flexibility index (Phi) is 3.75. The summed E-state index contributed by atoms with van der Waals surface area (Å²) in [5, 5.41) is 2.94. The van der Waals surface area contributed by atoms with Crippen molar-refractivity contribution in [1.29, 1.82) is 0 Å². The van der Waals surface area contributed by atoms with Crippen molar-refractivity contribution in [2.45, 2.75) is 32.7 Å². The minimum absolute atomic E-state index is 0.103. The molecule has 0 unspecified atom stereocenters. The Morgan fingerprint density at radius 2 is 2.12 bits per heavy atom. The number of nitrogens with one attached hydrogen (secondary N) is 1. The third kappa shape index (κ3) is 2.77. The number of amides is 2. The summed E-state index contributed by atoms with van der Waals surface area (Å²) in [6, 6.07) is 7.84. The van der Waals surface area contributed by atoms with Crippen LogP contribution in [0.4, 0.5) is 5.95 Å². The monoisotopic (exact) mass is 326 g/mol. The number of imidazole rings is 1. The van der Waals surface area contributed by atoms with Crippen LogP contribution in [0.2, 0.25) is 0 Å². The molecule has 0 radical (unpaired) electrons. The normalized spacial score (nSPS) is 20.8. The van der Waals surface area contributed by atoms with Gasteiger partial charge in [-0.3, -0.25) is 14.9 Å². The highest BCUT2D eigenvalue weighted by molar-refractivity contribution is 5.97. The number of aryl methyl sites for hydroxylation is 1. The topological polar surface area (TPSA) is 67.2 Å². The van der Waals surface area contributed by atoms with Crippen molar-refractivity contribution in [3.63, 3.8) is 0 Å². The van der Waals surface area contributed by atoms with Crippen molar-refractivity contribution in [3.8, 4) is 0 Å². The van der Waals surface area contributed by atoms with Crippen molar-refractivity contribution in [3.05, 3.63) is 24.3 Å². The van der Waals surface area contributed by atoms with Gasteiger partial charge in [0.05, 0.1) is 17.0 Å². The zero-order chi connectivity index (χ0) is 16.7. The molecule has 1 aromatic carbocycles. The first-order valence-corrected chi connectivity index (χ1v) is 8.69. The number of hydrogen-bond donors (Lipinski definition) is 1. The second-order valence-corrected chi connectivity index (χ2v) is 6.80. The number of likely N-dealkylation sites (tertiary alicyclic amines) is 1. The first-order chi connectivity index (χ1) is 11.7. The molecule has 2 aromatic rings. The van der Waals surface area contributed by atoms with E-state index in [1.165, 1.54) is 12.8 Å². The molecule has 1 aliphatic carbocycles. The summed E-state index contributed by atoms with van der Waals surface area (Å²) in [5.74, 6) is 0.941. The third-order valence-corrected chi connectivity index (χ3v) is 4.97. The standard InChI is InChI=1S/C18H22N4O2/c1-2-22-15-6-4-3-5-14(15)19-18(22)20-17(24)13-9-16(23)21(11-13)10-12-7-8-12/h3-6,12-13H,2,7-11H2,1H3,(H,19,20,24)/t13-/m0/s1. The maximum atomic E-state index is 12.6. The van der Waals surface area contributed by atoms with Crippen LogP contribution in [0.25, 0.3) is 11.0 Å². The molecule has 24 heavy (non-hydrogen) atoms. The van der Waals surface area contributed by atoms with Gasteiger partial charge in [0, 0.05) is 26.1 Å². The molecule has 4 rings (SSSR count). The van der Waals surface area contributed by atoms with Crippen LogP contribution in [0.15, 0.2) is 24.3 Å². The van der Waals surface area contributed by atoms with Crippen molar-refractivity contribution in [1.82, 2.24) is 14.5 Å². The fraction of sp³-hybridized carbons (Fsp3) is 0.500. The van der Waals surface area contributed by atoms with Gasteiger partial charge in [-0.05, 0) is 37.8 Å². The van der Waals surface area contributed by atoms with Crippen LogP contribution < -0.4 is 5.32 Å². The number of fused-ring (bicyclic) bond motifs is 1. The van der Waals surface area contributed by atoms with Gasteiger partial charge in [-0.2, -0.15) is 0 Å². The lowest BCUT2D eigenvalue weighted by Gasteiger charge is -2.16. The first kappa shape index (κ1) is 15.2. The maximum Gasteiger partial charge on any atom is 0.232 e. The number of carbonyl (C=O) groups is 2. The van der Waals surface area contributed by atoms with Crippen molar-refractivity contribution in [2.75, 3.05) is 18.4 Å². The van der Waals surface area contributed by atoms with Crippen LogP contribution in [0.1, 0.15) is 26.2 Å². The van der Waals surface area contributed by atoms with Crippen molar-refractivity contribution >= 4 is 28.8 Å². The van der Waals surface area contributed by atoms with Gasteiger partial charge in [0.25, 0.3) is 0 Å². The average molecular weight is 326 g/mol. The van der Waals surface area contributed by atoms with Gasteiger partial charge in [0.2, 0.25) is 17.8 Å². The van der Waals surface area contributed by atoms with Gasteiger partial charge in [0.15, 0.2) is 0 Å². The molecular weight excluding hydrogens is 304 g/mol. The summed E-state index contributed by atoms with van der Waals surface area (Å²) in [6.07, 6.45) is 2.73. The van der Waals surface area contributed by atoms with Crippen LogP contribution in [0, 0.1) is 11.8 Å². The Morgan fingerprint density at radius 1 is 1.33 bits per heavy atom. The van der Waals surface area contributed by atoms with Crippen molar-refractivity contribution in [2.24, 2.45) is 11.8 Å². The van der Waals surface area contributed by atoms with Crippen LogP contribution in [0.5, 0.6) is 0 Å². The molecule has 2 aliphatic rings. The molecule has 1 saturated heterocycles. The zero-order valence-electron chi connectivity index (χ0n) is 13.9. The number of rotatable bonds is 5. The number of carbonyl (C=O) groups excluding carboxylic acids is 2.